The van der Waals surface area contributed by atoms with Crippen LogP contribution in [-0.4, -0.2) is 18.1 Å². The summed E-state index contributed by atoms with van der Waals surface area (Å²) in [7, 11) is 0. The Balaban J connectivity index is 2.06. The first kappa shape index (κ1) is 12.3. The molecule has 2 aromatic rings. The summed E-state index contributed by atoms with van der Waals surface area (Å²) < 4.78 is 0. The molecule has 0 radical (unpaired) electrons. The molecule has 19 heavy (non-hydrogen) atoms. The van der Waals surface area contributed by atoms with Gasteiger partial charge in [0.25, 0.3) is 0 Å². The molecule has 1 atom stereocenters. The zero-order valence-corrected chi connectivity index (χ0v) is 11.0. The molecule has 1 aliphatic heterocycles. The van der Waals surface area contributed by atoms with Crippen molar-refractivity contribution in [3.8, 4) is 0 Å². The smallest absolute Gasteiger partial charge is 0.214 e. The number of amides is 1. The van der Waals surface area contributed by atoms with Gasteiger partial charge in [-0.3, -0.25) is 4.79 Å². The maximum atomic E-state index is 11.2. The van der Waals surface area contributed by atoms with Crippen molar-refractivity contribution in [3.63, 3.8) is 0 Å². The van der Waals surface area contributed by atoms with Gasteiger partial charge in [-0.05, 0) is 17.7 Å². The van der Waals surface area contributed by atoms with E-state index in [1.165, 1.54) is 11.8 Å². The van der Waals surface area contributed by atoms with Gasteiger partial charge in [0, 0.05) is 4.90 Å². The van der Waals surface area contributed by atoms with Crippen molar-refractivity contribution in [2.75, 3.05) is 11.4 Å². The van der Waals surface area contributed by atoms with E-state index >= 15 is 0 Å². The number of fused-ring (bicyclic) bond motifs is 1. The van der Waals surface area contributed by atoms with Crippen LogP contribution in [0.4, 0.5) is 5.69 Å². The normalized spacial score (nSPS) is 21.8. The average Bonchev–Trinajstić information content (AvgIpc) is 2.47. The Morgan fingerprint density at radius 3 is 2.53 bits per heavy atom. The molecule has 0 spiro atoms. The first-order valence-corrected chi connectivity index (χ1v) is 6.82. The van der Waals surface area contributed by atoms with E-state index in [0.29, 0.717) is 0 Å². The third kappa shape index (κ3) is 2.13. The lowest BCUT2D eigenvalue weighted by atomic mass is 10.1. The Labute approximate surface area is 115 Å². The number of carbonyl (C=O) groups excluding carboxylic acids is 1. The van der Waals surface area contributed by atoms with Crippen molar-refractivity contribution >= 4 is 23.9 Å². The summed E-state index contributed by atoms with van der Waals surface area (Å²) in [4.78, 5) is 12.6. The molecule has 0 aromatic heterocycles. The minimum absolute atomic E-state index is 0.252. The molecular weight excluding hydrogens is 258 g/mol. The molecule has 96 valence electrons. The zero-order chi connectivity index (χ0) is 13.3. The topological polar surface area (TPSA) is 40.5 Å². The Morgan fingerprint density at radius 1 is 1.11 bits per heavy atom. The Hall–Kier alpha value is -1.78. The van der Waals surface area contributed by atoms with Crippen LogP contribution in [-0.2, 0) is 9.73 Å². The molecule has 0 fully saturated rings. The number of β-amino-alcohol motifs (C(OH)–C–C–N with tert-alkyl or cyclic N) is 1. The van der Waals surface area contributed by atoms with E-state index in [9.17, 15) is 9.90 Å². The van der Waals surface area contributed by atoms with Gasteiger partial charge in [0.2, 0.25) is 6.41 Å². The third-order valence-corrected chi connectivity index (χ3v) is 4.46. The van der Waals surface area contributed by atoms with Crippen molar-refractivity contribution in [1.29, 1.82) is 0 Å². The number of carbonyl (C=O) groups is 1. The SMILES string of the molecule is O=CN1CC(O)(c2ccccc2)Sc2ccccc21. The molecule has 1 N–H and O–H groups in total. The van der Waals surface area contributed by atoms with E-state index in [1.807, 2.05) is 54.6 Å². The number of hydrogen-bond acceptors (Lipinski definition) is 3. The van der Waals surface area contributed by atoms with Crippen LogP contribution in [0.1, 0.15) is 5.56 Å². The van der Waals surface area contributed by atoms with Gasteiger partial charge in [0.05, 0.1) is 12.2 Å². The average molecular weight is 271 g/mol. The molecule has 0 saturated heterocycles. The summed E-state index contributed by atoms with van der Waals surface area (Å²) in [5.74, 6) is 0. The van der Waals surface area contributed by atoms with Crippen molar-refractivity contribution in [1.82, 2.24) is 0 Å². The molecule has 1 unspecified atom stereocenters. The highest BCUT2D eigenvalue weighted by atomic mass is 32.2. The number of anilines is 1. The second-order valence-corrected chi connectivity index (χ2v) is 5.77. The highest BCUT2D eigenvalue weighted by Gasteiger charge is 2.38. The predicted octanol–water partition coefficient (Wildman–Crippen LogP) is 2.60. The number of aliphatic hydroxyl groups is 1. The molecule has 0 bridgehead atoms. The fourth-order valence-electron chi connectivity index (χ4n) is 2.25. The molecule has 0 saturated carbocycles. The van der Waals surface area contributed by atoms with Gasteiger partial charge in [0.15, 0.2) is 4.93 Å². The third-order valence-electron chi connectivity index (χ3n) is 3.19. The van der Waals surface area contributed by atoms with Crippen LogP contribution in [0.3, 0.4) is 0 Å². The van der Waals surface area contributed by atoms with Gasteiger partial charge in [0.1, 0.15) is 0 Å². The summed E-state index contributed by atoms with van der Waals surface area (Å²) in [6.45, 7) is 0.252. The van der Waals surface area contributed by atoms with Crippen molar-refractivity contribution in [2.24, 2.45) is 0 Å². The first-order chi connectivity index (χ1) is 9.23. The Bertz CT molecular complexity index is 602. The van der Waals surface area contributed by atoms with E-state index in [0.717, 1.165) is 22.6 Å². The van der Waals surface area contributed by atoms with Crippen LogP contribution in [0.15, 0.2) is 59.5 Å². The molecule has 1 amide bonds. The summed E-state index contributed by atoms with van der Waals surface area (Å²) in [5.41, 5.74) is 1.66. The zero-order valence-electron chi connectivity index (χ0n) is 10.2. The van der Waals surface area contributed by atoms with Gasteiger partial charge >= 0.3 is 0 Å². The molecule has 3 nitrogen and oxygen atoms in total. The highest BCUT2D eigenvalue weighted by Crippen LogP contribution is 2.47. The lowest BCUT2D eigenvalue weighted by Gasteiger charge is -2.38. The van der Waals surface area contributed by atoms with E-state index < -0.39 is 4.93 Å². The largest absolute Gasteiger partial charge is 0.373 e. The van der Waals surface area contributed by atoms with E-state index in [1.54, 1.807) is 4.90 Å². The fourth-order valence-corrected chi connectivity index (χ4v) is 3.51. The Morgan fingerprint density at radius 2 is 1.79 bits per heavy atom. The van der Waals surface area contributed by atoms with E-state index in [-0.39, 0.29) is 6.54 Å². The van der Waals surface area contributed by atoms with Gasteiger partial charge < -0.3 is 10.0 Å². The number of benzene rings is 2. The predicted molar refractivity (Wildman–Crippen MR) is 76.0 cm³/mol. The summed E-state index contributed by atoms with van der Waals surface area (Å²) >= 11 is 1.39. The van der Waals surface area contributed by atoms with Gasteiger partial charge in [-0.25, -0.2) is 0 Å². The van der Waals surface area contributed by atoms with Crippen LogP contribution in [0, 0.1) is 0 Å². The number of para-hydroxylation sites is 1. The van der Waals surface area contributed by atoms with Crippen molar-refractivity contribution in [2.45, 2.75) is 9.83 Å². The van der Waals surface area contributed by atoms with Crippen LogP contribution in [0.2, 0.25) is 0 Å². The summed E-state index contributed by atoms with van der Waals surface area (Å²) in [5, 5.41) is 10.9. The Kier molecular flexibility index (Phi) is 3.05. The minimum Gasteiger partial charge on any atom is -0.373 e. The maximum Gasteiger partial charge on any atom is 0.214 e. The van der Waals surface area contributed by atoms with E-state index in [4.69, 9.17) is 0 Å². The van der Waals surface area contributed by atoms with Crippen LogP contribution in [0.5, 0.6) is 0 Å². The molecular formula is C15H13NO2S. The van der Waals surface area contributed by atoms with Gasteiger partial charge in [-0.2, -0.15) is 0 Å². The van der Waals surface area contributed by atoms with Crippen LogP contribution < -0.4 is 4.90 Å². The monoisotopic (exact) mass is 271 g/mol. The summed E-state index contributed by atoms with van der Waals surface area (Å²) in [6.07, 6.45) is 0.770. The second-order valence-electron chi connectivity index (χ2n) is 4.45. The van der Waals surface area contributed by atoms with Crippen LogP contribution in [0.25, 0.3) is 0 Å². The number of thioether (sulfide) groups is 1. The fraction of sp³-hybridized carbons (Fsp3) is 0.133. The van der Waals surface area contributed by atoms with Crippen molar-refractivity contribution in [3.05, 3.63) is 60.2 Å². The standard InChI is InChI=1S/C15H13NO2S/c17-11-16-10-15(18,12-6-2-1-3-7-12)19-14-9-5-4-8-13(14)16/h1-9,11,18H,10H2. The van der Waals surface area contributed by atoms with E-state index in [2.05, 4.69) is 0 Å². The van der Waals surface area contributed by atoms with Crippen molar-refractivity contribution < 1.29 is 9.90 Å². The highest BCUT2D eigenvalue weighted by molar-refractivity contribution is 8.00. The minimum atomic E-state index is -1.10. The lowest BCUT2D eigenvalue weighted by molar-refractivity contribution is -0.108. The quantitative estimate of drug-likeness (QED) is 0.854. The van der Waals surface area contributed by atoms with Gasteiger partial charge in [-0.15, -0.1) is 0 Å². The molecule has 1 heterocycles. The summed E-state index contributed by atoms with van der Waals surface area (Å²) in [6, 6.07) is 17.1. The molecule has 3 rings (SSSR count). The lowest BCUT2D eigenvalue weighted by Crippen LogP contribution is -2.41. The molecule has 2 aromatic carbocycles. The number of nitrogens with zero attached hydrogens (tertiary/aromatic N) is 1. The van der Waals surface area contributed by atoms with Crippen LogP contribution >= 0.6 is 11.8 Å². The number of hydrogen-bond donors (Lipinski definition) is 1. The second kappa shape index (κ2) is 4.72. The number of rotatable bonds is 2. The van der Waals surface area contributed by atoms with Gasteiger partial charge in [-0.1, -0.05) is 54.2 Å². The molecule has 0 aliphatic carbocycles. The molecule has 1 aliphatic rings. The maximum absolute atomic E-state index is 11.2. The first-order valence-electron chi connectivity index (χ1n) is 6.01. The molecule has 4 heteroatoms.